The number of carboxylic acids is 1. The summed E-state index contributed by atoms with van der Waals surface area (Å²) in [5.74, 6) is -0.618. The number of nitrogens with one attached hydrogen (secondary N) is 2. The van der Waals surface area contributed by atoms with E-state index in [4.69, 9.17) is 5.11 Å². The van der Waals surface area contributed by atoms with Crippen LogP contribution in [0, 0.1) is 0 Å². The molecule has 0 aromatic rings. The van der Waals surface area contributed by atoms with E-state index >= 15 is 0 Å². The number of hydrogen-bond acceptors (Lipinski definition) is 3. The topological polar surface area (TPSA) is 78.4 Å². The Morgan fingerprint density at radius 1 is 1.64 bits per heavy atom. The number of hydrogen-bond donors (Lipinski definition) is 3. The Hall–Kier alpha value is -1.52. The molecule has 0 spiro atoms. The van der Waals surface area contributed by atoms with E-state index in [0.29, 0.717) is 5.82 Å². The molecule has 1 unspecified atom stereocenters. The van der Waals surface area contributed by atoms with Gasteiger partial charge in [0.05, 0.1) is 6.42 Å². The van der Waals surface area contributed by atoms with Gasteiger partial charge in [-0.05, 0) is 12.5 Å². The predicted molar refractivity (Wildman–Crippen MR) is 50.3 cm³/mol. The second-order valence-electron chi connectivity index (χ2n) is 3.19. The van der Waals surface area contributed by atoms with Crippen molar-refractivity contribution in [1.82, 2.24) is 10.6 Å². The van der Waals surface area contributed by atoms with Gasteiger partial charge in [0.1, 0.15) is 11.9 Å². The summed E-state index contributed by atoms with van der Waals surface area (Å²) in [6.45, 7) is 2.03. The van der Waals surface area contributed by atoms with Crippen LogP contribution in [0.2, 0.25) is 0 Å². The number of carbonyl (C=O) groups is 2. The van der Waals surface area contributed by atoms with Crippen LogP contribution in [0.15, 0.2) is 11.9 Å². The van der Waals surface area contributed by atoms with Crippen molar-refractivity contribution in [3.63, 3.8) is 0 Å². The van der Waals surface area contributed by atoms with Crippen molar-refractivity contribution in [2.24, 2.45) is 0 Å². The molecule has 1 rings (SSSR count). The van der Waals surface area contributed by atoms with Gasteiger partial charge in [-0.1, -0.05) is 13.3 Å². The van der Waals surface area contributed by atoms with Crippen molar-refractivity contribution in [3.05, 3.63) is 11.9 Å². The lowest BCUT2D eigenvalue weighted by Gasteiger charge is -2.03. The molecule has 5 heteroatoms. The molecule has 1 atom stereocenters. The minimum atomic E-state index is -0.977. The first-order valence-electron chi connectivity index (χ1n) is 4.63. The van der Waals surface area contributed by atoms with E-state index in [1.165, 1.54) is 0 Å². The normalized spacial score (nSPS) is 23.4. The number of allylic oxidation sites excluding steroid dienone is 1. The van der Waals surface area contributed by atoms with Gasteiger partial charge in [-0.25, -0.2) is 0 Å². The summed E-state index contributed by atoms with van der Waals surface area (Å²) in [6.07, 6.45) is 3.53. The molecule has 0 aromatic heterocycles. The number of rotatable bonds is 4. The summed E-state index contributed by atoms with van der Waals surface area (Å²) in [5, 5.41) is 13.9. The first kappa shape index (κ1) is 10.6. The van der Waals surface area contributed by atoms with Crippen LogP contribution in [0.25, 0.3) is 0 Å². The summed E-state index contributed by atoms with van der Waals surface area (Å²) in [5.41, 5.74) is 0. The fourth-order valence-corrected chi connectivity index (χ4v) is 1.23. The standard InChI is InChI=1S/C9H14N2O3/c1-2-3-4-7-10-6(5-8(12)13)9(14)11-7/h4,6,10H,2-3,5H2,1H3,(H,11,14)(H,12,13)/b7-4+. The molecule has 1 fully saturated rings. The number of aliphatic carboxylic acids is 1. The molecule has 0 aromatic carbocycles. The van der Waals surface area contributed by atoms with Crippen LogP contribution in [0.1, 0.15) is 26.2 Å². The maximum atomic E-state index is 11.2. The van der Waals surface area contributed by atoms with Gasteiger partial charge in [0.2, 0.25) is 5.91 Å². The maximum Gasteiger partial charge on any atom is 0.305 e. The fourth-order valence-electron chi connectivity index (χ4n) is 1.23. The van der Waals surface area contributed by atoms with Crippen LogP contribution >= 0.6 is 0 Å². The Balaban J connectivity index is 2.51. The molecule has 78 valence electrons. The van der Waals surface area contributed by atoms with Crippen molar-refractivity contribution in [2.45, 2.75) is 32.2 Å². The zero-order valence-corrected chi connectivity index (χ0v) is 8.04. The Labute approximate surface area is 82.2 Å². The molecular weight excluding hydrogens is 184 g/mol. The van der Waals surface area contributed by atoms with E-state index in [2.05, 4.69) is 10.6 Å². The average molecular weight is 198 g/mol. The Kier molecular flexibility index (Phi) is 3.50. The summed E-state index contributed by atoms with van der Waals surface area (Å²) in [4.78, 5) is 21.6. The van der Waals surface area contributed by atoms with E-state index < -0.39 is 12.0 Å². The SMILES string of the molecule is CCC/C=C1/NC(=O)C(CC(=O)O)N1. The lowest BCUT2D eigenvalue weighted by molar-refractivity contribution is -0.139. The van der Waals surface area contributed by atoms with E-state index in [9.17, 15) is 9.59 Å². The zero-order chi connectivity index (χ0) is 10.6. The number of carboxylic acid groups (broad SMARTS) is 1. The van der Waals surface area contributed by atoms with Crippen molar-refractivity contribution >= 4 is 11.9 Å². The van der Waals surface area contributed by atoms with Crippen LogP contribution in [0.5, 0.6) is 0 Å². The van der Waals surface area contributed by atoms with Crippen molar-refractivity contribution in [3.8, 4) is 0 Å². The summed E-state index contributed by atoms with van der Waals surface area (Å²) < 4.78 is 0. The van der Waals surface area contributed by atoms with Gasteiger partial charge < -0.3 is 15.7 Å². The molecule has 5 nitrogen and oxygen atoms in total. The van der Waals surface area contributed by atoms with Crippen LogP contribution in [-0.2, 0) is 9.59 Å². The minimum Gasteiger partial charge on any atom is -0.481 e. The summed E-state index contributed by atoms with van der Waals surface area (Å²) >= 11 is 0. The van der Waals surface area contributed by atoms with Crippen molar-refractivity contribution in [2.75, 3.05) is 0 Å². The molecule has 14 heavy (non-hydrogen) atoms. The third-order valence-corrected chi connectivity index (χ3v) is 1.92. The van der Waals surface area contributed by atoms with Gasteiger partial charge >= 0.3 is 5.97 Å². The van der Waals surface area contributed by atoms with Crippen molar-refractivity contribution in [1.29, 1.82) is 0 Å². The lowest BCUT2D eigenvalue weighted by Crippen LogP contribution is -2.30. The molecule has 0 saturated carbocycles. The quantitative estimate of drug-likeness (QED) is 0.602. The average Bonchev–Trinajstić information content (AvgIpc) is 2.43. The molecule has 1 aliphatic heterocycles. The molecule has 0 aliphatic carbocycles. The van der Waals surface area contributed by atoms with Gasteiger partial charge in [-0.2, -0.15) is 0 Å². The lowest BCUT2D eigenvalue weighted by atomic mass is 10.2. The zero-order valence-electron chi connectivity index (χ0n) is 8.04. The Morgan fingerprint density at radius 3 is 2.93 bits per heavy atom. The molecule has 3 N–H and O–H groups in total. The highest BCUT2D eigenvalue weighted by molar-refractivity contribution is 5.89. The maximum absolute atomic E-state index is 11.2. The van der Waals surface area contributed by atoms with Gasteiger partial charge in [-0.3, -0.25) is 9.59 Å². The highest BCUT2D eigenvalue weighted by Gasteiger charge is 2.28. The molecule has 1 aliphatic rings. The van der Waals surface area contributed by atoms with Crippen LogP contribution in [0.4, 0.5) is 0 Å². The smallest absolute Gasteiger partial charge is 0.305 e. The first-order chi connectivity index (χ1) is 6.63. The molecule has 0 radical (unpaired) electrons. The van der Waals surface area contributed by atoms with E-state index in [1.54, 1.807) is 0 Å². The molecule has 1 heterocycles. The molecule has 1 amide bonds. The van der Waals surface area contributed by atoms with E-state index in [-0.39, 0.29) is 12.3 Å². The van der Waals surface area contributed by atoms with Crippen LogP contribution in [-0.4, -0.2) is 23.0 Å². The monoisotopic (exact) mass is 198 g/mol. The number of carbonyl (C=O) groups excluding carboxylic acids is 1. The molecule has 0 bridgehead atoms. The molecular formula is C9H14N2O3. The largest absolute Gasteiger partial charge is 0.481 e. The van der Waals surface area contributed by atoms with Gasteiger partial charge in [0.25, 0.3) is 0 Å². The van der Waals surface area contributed by atoms with E-state index in [0.717, 1.165) is 12.8 Å². The van der Waals surface area contributed by atoms with Gasteiger partial charge in [0, 0.05) is 0 Å². The first-order valence-corrected chi connectivity index (χ1v) is 4.63. The Bertz CT molecular complexity index is 273. The second kappa shape index (κ2) is 4.64. The molecule has 1 saturated heterocycles. The predicted octanol–water partition coefficient (Wildman–Crippen LogP) is 0.191. The highest BCUT2D eigenvalue weighted by Crippen LogP contribution is 2.05. The highest BCUT2D eigenvalue weighted by atomic mass is 16.4. The summed E-state index contributed by atoms with van der Waals surface area (Å²) in [7, 11) is 0. The third-order valence-electron chi connectivity index (χ3n) is 1.92. The van der Waals surface area contributed by atoms with Crippen LogP contribution < -0.4 is 10.6 Å². The summed E-state index contributed by atoms with van der Waals surface area (Å²) in [6, 6.07) is -0.629. The number of unbranched alkanes of at least 4 members (excludes halogenated alkanes) is 1. The van der Waals surface area contributed by atoms with E-state index in [1.807, 2.05) is 13.0 Å². The number of amides is 1. The second-order valence-corrected chi connectivity index (χ2v) is 3.19. The Morgan fingerprint density at radius 2 is 2.36 bits per heavy atom. The van der Waals surface area contributed by atoms with Crippen molar-refractivity contribution < 1.29 is 14.7 Å². The van der Waals surface area contributed by atoms with Gasteiger partial charge in [-0.15, -0.1) is 0 Å². The van der Waals surface area contributed by atoms with Gasteiger partial charge in [0.15, 0.2) is 0 Å². The minimum absolute atomic E-state index is 0.185. The third kappa shape index (κ3) is 2.76. The fraction of sp³-hybridized carbons (Fsp3) is 0.556. The van der Waals surface area contributed by atoms with Crippen LogP contribution in [0.3, 0.4) is 0 Å².